The van der Waals surface area contributed by atoms with Crippen LogP contribution in [0.15, 0.2) is 24.3 Å². The molecule has 22 heavy (non-hydrogen) atoms. The van der Waals surface area contributed by atoms with Gasteiger partial charge in [0.05, 0.1) is 20.3 Å². The minimum atomic E-state index is -0.00208. The lowest BCUT2D eigenvalue weighted by Crippen LogP contribution is -2.39. The van der Waals surface area contributed by atoms with E-state index in [1.807, 2.05) is 24.3 Å². The van der Waals surface area contributed by atoms with Crippen molar-refractivity contribution in [1.82, 2.24) is 4.90 Å². The number of carbonyl (C=O) groups excluding carboxylic acids is 1. The summed E-state index contributed by atoms with van der Waals surface area (Å²) in [7, 11) is 5.36. The van der Waals surface area contributed by atoms with E-state index in [9.17, 15) is 4.79 Å². The number of hydrogen-bond acceptors (Lipinski definition) is 5. The highest BCUT2D eigenvalue weighted by Gasteiger charge is 2.58. The number of epoxide rings is 1. The summed E-state index contributed by atoms with van der Waals surface area (Å²) in [5, 5.41) is 0. The number of methoxy groups -OCH3 is 2. The van der Waals surface area contributed by atoms with Gasteiger partial charge in [-0.15, -0.1) is 0 Å². The van der Waals surface area contributed by atoms with Crippen molar-refractivity contribution in [3.63, 3.8) is 0 Å². The van der Waals surface area contributed by atoms with Crippen LogP contribution < -0.4 is 9.47 Å². The lowest BCUT2D eigenvalue weighted by Gasteiger charge is -2.25. The highest BCUT2D eigenvalue weighted by atomic mass is 16.6. The third-order valence-corrected chi connectivity index (χ3v) is 4.84. The molecular weight excluding hydrogens is 282 g/mol. The van der Waals surface area contributed by atoms with Crippen molar-refractivity contribution < 1.29 is 19.0 Å². The van der Waals surface area contributed by atoms with Crippen LogP contribution in [0.4, 0.5) is 0 Å². The smallest absolute Gasteiger partial charge is 0.165 e. The average Bonchev–Trinajstić information content (AvgIpc) is 3.28. The molecule has 4 rings (SSSR count). The number of nitrogens with zero attached hydrogens (tertiary/aromatic N) is 1. The van der Waals surface area contributed by atoms with Crippen LogP contribution in [0.3, 0.4) is 0 Å². The van der Waals surface area contributed by atoms with Gasteiger partial charge in [-0.05, 0) is 32.1 Å². The van der Waals surface area contributed by atoms with E-state index in [0.29, 0.717) is 23.8 Å². The predicted octanol–water partition coefficient (Wildman–Crippen LogP) is 1.75. The van der Waals surface area contributed by atoms with E-state index in [4.69, 9.17) is 14.2 Å². The van der Waals surface area contributed by atoms with Gasteiger partial charge in [0.1, 0.15) is 6.10 Å². The number of likely N-dealkylation sites (tertiary alicyclic amines) is 1. The summed E-state index contributed by atoms with van der Waals surface area (Å²) in [6.45, 7) is 1.13. The third kappa shape index (κ3) is 2.83. The van der Waals surface area contributed by atoms with Crippen molar-refractivity contribution in [3.05, 3.63) is 24.3 Å². The van der Waals surface area contributed by atoms with Gasteiger partial charge in [-0.2, -0.15) is 0 Å². The molecule has 3 fully saturated rings. The summed E-state index contributed by atoms with van der Waals surface area (Å²) in [6, 6.07) is 8.02. The second kappa shape index (κ2) is 6.26. The zero-order chi connectivity index (χ0) is 15.7. The van der Waals surface area contributed by atoms with Crippen molar-refractivity contribution in [2.75, 3.05) is 27.8 Å². The lowest BCUT2D eigenvalue weighted by atomic mass is 9.84. The summed E-state index contributed by atoms with van der Waals surface area (Å²) in [5.41, 5.74) is 0. The van der Waals surface area contributed by atoms with E-state index in [0.717, 1.165) is 24.5 Å². The topological polar surface area (TPSA) is 51.3 Å². The van der Waals surface area contributed by atoms with E-state index >= 15 is 0 Å². The van der Waals surface area contributed by atoms with Crippen molar-refractivity contribution in [2.45, 2.75) is 31.1 Å². The molecule has 5 nitrogen and oxygen atoms in total. The quantitative estimate of drug-likeness (QED) is 0.779. The number of carbonyl (C=O) groups is 1. The summed E-state index contributed by atoms with van der Waals surface area (Å²) < 4.78 is 15.4. The molecule has 3 aliphatic rings. The monoisotopic (exact) mass is 305 g/mol. The maximum atomic E-state index is 11.4. The number of ether oxygens (including phenoxy) is 3. The van der Waals surface area contributed by atoms with Gasteiger partial charge in [-0.3, -0.25) is 4.79 Å². The Hall–Kier alpha value is -1.59. The first-order chi connectivity index (χ1) is 10.7. The van der Waals surface area contributed by atoms with Crippen LogP contribution in [-0.4, -0.2) is 56.7 Å². The van der Waals surface area contributed by atoms with Gasteiger partial charge in [0.25, 0.3) is 0 Å². The van der Waals surface area contributed by atoms with Crippen molar-refractivity contribution in [2.24, 2.45) is 5.92 Å². The van der Waals surface area contributed by atoms with E-state index in [1.54, 1.807) is 14.2 Å². The number of para-hydroxylation sites is 2. The first kappa shape index (κ1) is 15.3. The Morgan fingerprint density at radius 1 is 1.18 bits per heavy atom. The molecule has 1 saturated carbocycles. The standard InChI is InChI=1S/C9H13NO2.C8H10O2/c1-10-3-2-5-6(10)4-7(11)9-8(5)12-9;1-9-7-5-3-4-6-8(7)10-2/h5-6,8-9H,2-4H2,1H3;3-6H,1-2H3. The summed E-state index contributed by atoms with van der Waals surface area (Å²) in [4.78, 5) is 13.7. The zero-order valence-electron chi connectivity index (χ0n) is 13.3. The molecule has 4 unspecified atom stereocenters. The molecule has 2 heterocycles. The minimum Gasteiger partial charge on any atom is -0.493 e. The molecule has 120 valence electrons. The molecule has 0 N–H and O–H groups in total. The normalized spacial score (nSPS) is 32.4. The zero-order valence-corrected chi connectivity index (χ0v) is 13.3. The van der Waals surface area contributed by atoms with Crippen molar-refractivity contribution >= 4 is 5.78 Å². The van der Waals surface area contributed by atoms with Gasteiger partial charge in [-0.1, -0.05) is 12.1 Å². The summed E-state index contributed by atoms with van der Waals surface area (Å²) in [6.07, 6.45) is 2.23. The Morgan fingerprint density at radius 3 is 2.41 bits per heavy atom. The molecule has 2 saturated heterocycles. The van der Waals surface area contributed by atoms with Crippen LogP contribution in [0, 0.1) is 5.92 Å². The minimum absolute atomic E-state index is 0.00208. The van der Waals surface area contributed by atoms with E-state index in [1.165, 1.54) is 6.42 Å². The second-order valence-electron chi connectivity index (χ2n) is 6.05. The molecule has 0 spiro atoms. The largest absolute Gasteiger partial charge is 0.493 e. The number of hydrogen-bond donors (Lipinski definition) is 0. The SMILES string of the molecule is CN1CCC2C3OC3C(=O)CC21.COc1ccccc1OC. The van der Waals surface area contributed by atoms with Gasteiger partial charge >= 0.3 is 0 Å². The number of benzene rings is 1. The molecule has 1 aromatic rings. The number of Topliss-reactive ketones (excluding diaryl/α,β-unsaturated/α-hetero) is 1. The Labute approximate surface area is 131 Å². The van der Waals surface area contributed by atoms with Gasteiger partial charge in [0.15, 0.2) is 17.3 Å². The molecular formula is C17H23NO4. The average molecular weight is 305 g/mol. The number of fused-ring (bicyclic) bond motifs is 3. The maximum absolute atomic E-state index is 11.4. The molecule has 0 bridgehead atoms. The van der Waals surface area contributed by atoms with Crippen LogP contribution in [0.5, 0.6) is 11.5 Å². The number of rotatable bonds is 2. The van der Waals surface area contributed by atoms with Gasteiger partial charge in [0.2, 0.25) is 0 Å². The van der Waals surface area contributed by atoms with Crippen LogP contribution in [0.2, 0.25) is 0 Å². The Morgan fingerprint density at radius 2 is 1.82 bits per heavy atom. The molecule has 1 aliphatic carbocycles. The molecule has 0 radical (unpaired) electrons. The Bertz CT molecular complexity index is 524. The highest BCUT2D eigenvalue weighted by molar-refractivity contribution is 5.87. The van der Waals surface area contributed by atoms with Gasteiger partial charge < -0.3 is 19.1 Å². The lowest BCUT2D eigenvalue weighted by molar-refractivity contribution is -0.121. The fourth-order valence-corrected chi connectivity index (χ4v) is 3.55. The molecule has 4 atom stereocenters. The fraction of sp³-hybridized carbons (Fsp3) is 0.588. The van der Waals surface area contributed by atoms with E-state index in [2.05, 4.69) is 11.9 Å². The highest BCUT2D eigenvalue weighted by Crippen LogP contribution is 2.44. The van der Waals surface area contributed by atoms with E-state index in [-0.39, 0.29) is 6.10 Å². The Balaban J connectivity index is 0.000000134. The predicted molar refractivity (Wildman–Crippen MR) is 82.4 cm³/mol. The molecule has 0 aromatic heterocycles. The van der Waals surface area contributed by atoms with Crippen LogP contribution in [0.25, 0.3) is 0 Å². The molecule has 2 aliphatic heterocycles. The van der Waals surface area contributed by atoms with E-state index < -0.39 is 0 Å². The van der Waals surface area contributed by atoms with Crippen molar-refractivity contribution in [1.29, 1.82) is 0 Å². The van der Waals surface area contributed by atoms with Gasteiger partial charge in [0, 0.05) is 18.4 Å². The third-order valence-electron chi connectivity index (χ3n) is 4.84. The first-order valence-electron chi connectivity index (χ1n) is 7.71. The first-order valence-corrected chi connectivity index (χ1v) is 7.71. The molecule has 0 amide bonds. The second-order valence-corrected chi connectivity index (χ2v) is 6.05. The molecule has 5 heteroatoms. The maximum Gasteiger partial charge on any atom is 0.165 e. The van der Waals surface area contributed by atoms with Crippen LogP contribution in [-0.2, 0) is 9.53 Å². The summed E-state index contributed by atoms with van der Waals surface area (Å²) in [5.74, 6) is 2.52. The molecule has 1 aromatic carbocycles. The Kier molecular flexibility index (Phi) is 4.36. The van der Waals surface area contributed by atoms with Crippen molar-refractivity contribution in [3.8, 4) is 11.5 Å². The number of ketones is 1. The van der Waals surface area contributed by atoms with Crippen LogP contribution in [0.1, 0.15) is 12.8 Å². The van der Waals surface area contributed by atoms with Gasteiger partial charge in [-0.25, -0.2) is 0 Å². The van der Waals surface area contributed by atoms with Crippen LogP contribution >= 0.6 is 0 Å². The fourth-order valence-electron chi connectivity index (χ4n) is 3.55. The summed E-state index contributed by atoms with van der Waals surface area (Å²) >= 11 is 0.